The summed E-state index contributed by atoms with van der Waals surface area (Å²) in [6.45, 7) is -0.426. The summed E-state index contributed by atoms with van der Waals surface area (Å²) in [7, 11) is 0. The molecule has 0 saturated heterocycles. The van der Waals surface area contributed by atoms with Crippen molar-refractivity contribution in [3.05, 3.63) is 99.1 Å². The molecule has 0 unspecified atom stereocenters. The second kappa shape index (κ2) is 10.9. The van der Waals surface area contributed by atoms with Crippen LogP contribution in [0.15, 0.2) is 83.8 Å². The summed E-state index contributed by atoms with van der Waals surface area (Å²) in [6, 6.07) is 19.9. The zero-order valence-electron chi connectivity index (χ0n) is 16.6. The number of carboxylic acid groups (broad SMARTS) is 1. The van der Waals surface area contributed by atoms with Crippen LogP contribution >= 0.6 is 34.4 Å². The molecule has 1 N–H and O–H groups in total. The summed E-state index contributed by atoms with van der Waals surface area (Å²) in [5, 5.41) is 8.74. The van der Waals surface area contributed by atoms with E-state index in [0.717, 1.165) is 14.5 Å². The molecule has 0 heterocycles. The predicted octanol–water partition coefficient (Wildman–Crippen LogP) is 7.00. The van der Waals surface area contributed by atoms with Gasteiger partial charge in [0.2, 0.25) is 0 Å². The van der Waals surface area contributed by atoms with Crippen LogP contribution in [0.3, 0.4) is 0 Å². The molecule has 0 atom stereocenters. The highest BCUT2D eigenvalue weighted by Crippen LogP contribution is 2.37. The van der Waals surface area contributed by atoms with E-state index in [2.05, 4.69) is 22.6 Å². The minimum absolute atomic E-state index is 0.138. The number of halogens is 4. The van der Waals surface area contributed by atoms with Crippen LogP contribution in [0.2, 0.25) is 0 Å². The van der Waals surface area contributed by atoms with Crippen molar-refractivity contribution in [2.45, 2.75) is 11.1 Å². The Morgan fingerprint density at radius 1 is 1.03 bits per heavy atom. The van der Waals surface area contributed by atoms with Crippen LogP contribution in [-0.2, 0) is 11.0 Å². The fourth-order valence-corrected chi connectivity index (χ4v) is 4.71. The fourth-order valence-electron chi connectivity index (χ4n) is 3.02. The van der Waals surface area contributed by atoms with Crippen LogP contribution in [0, 0.1) is 3.57 Å². The number of carboxylic acids is 1. The van der Waals surface area contributed by atoms with E-state index in [4.69, 9.17) is 9.84 Å². The van der Waals surface area contributed by atoms with Gasteiger partial charge in [-0.1, -0.05) is 54.6 Å². The van der Waals surface area contributed by atoms with Gasteiger partial charge in [-0.2, -0.15) is 13.2 Å². The molecule has 0 spiro atoms. The zero-order valence-corrected chi connectivity index (χ0v) is 19.6. The summed E-state index contributed by atoms with van der Waals surface area (Å²) < 4.78 is 46.8. The molecule has 0 fully saturated rings. The SMILES string of the molecule is O=C(O)COc1ccc(SC/C=C(/c2ccccc2)c2ccccc2C(F)(F)F)cc1I. The minimum Gasteiger partial charge on any atom is -0.481 e. The molecular formula is C24H18F3IO3S. The smallest absolute Gasteiger partial charge is 0.417 e. The Labute approximate surface area is 201 Å². The lowest BCUT2D eigenvalue weighted by Crippen LogP contribution is -2.10. The van der Waals surface area contributed by atoms with E-state index in [-0.39, 0.29) is 5.56 Å². The van der Waals surface area contributed by atoms with Crippen molar-refractivity contribution >= 4 is 45.9 Å². The summed E-state index contributed by atoms with van der Waals surface area (Å²) in [5.41, 5.74) is 0.687. The van der Waals surface area contributed by atoms with Gasteiger partial charge in [0.1, 0.15) is 5.75 Å². The third kappa shape index (κ3) is 6.52. The molecule has 8 heteroatoms. The van der Waals surface area contributed by atoms with E-state index in [9.17, 15) is 18.0 Å². The molecule has 3 aromatic rings. The normalized spacial score (nSPS) is 11.9. The number of hydrogen-bond donors (Lipinski definition) is 1. The molecule has 3 aromatic carbocycles. The summed E-state index contributed by atoms with van der Waals surface area (Å²) >= 11 is 3.52. The predicted molar refractivity (Wildman–Crippen MR) is 128 cm³/mol. The first-order valence-corrected chi connectivity index (χ1v) is 11.5. The Morgan fingerprint density at radius 3 is 2.38 bits per heavy atom. The van der Waals surface area contributed by atoms with Gasteiger partial charge in [-0.3, -0.25) is 0 Å². The number of thioether (sulfide) groups is 1. The summed E-state index contributed by atoms with van der Waals surface area (Å²) in [4.78, 5) is 11.6. The van der Waals surface area contributed by atoms with Crippen LogP contribution in [0.1, 0.15) is 16.7 Å². The van der Waals surface area contributed by atoms with Gasteiger partial charge in [0.15, 0.2) is 6.61 Å². The van der Waals surface area contributed by atoms with Crippen molar-refractivity contribution in [3.63, 3.8) is 0 Å². The molecule has 0 aliphatic heterocycles. The molecule has 0 aromatic heterocycles. The van der Waals surface area contributed by atoms with Gasteiger partial charge in [-0.05, 0) is 63.6 Å². The lowest BCUT2D eigenvalue weighted by molar-refractivity contribution is -0.139. The van der Waals surface area contributed by atoms with Crippen LogP contribution in [0.25, 0.3) is 5.57 Å². The summed E-state index contributed by atoms with van der Waals surface area (Å²) in [5.74, 6) is -0.143. The molecule has 0 radical (unpaired) electrons. The van der Waals surface area contributed by atoms with E-state index in [0.29, 0.717) is 22.6 Å². The molecule has 0 amide bonds. The first kappa shape index (κ1) is 24.2. The number of carbonyl (C=O) groups is 1. The maximum Gasteiger partial charge on any atom is 0.417 e. The average molecular weight is 570 g/mol. The highest BCUT2D eigenvalue weighted by Gasteiger charge is 2.33. The highest BCUT2D eigenvalue weighted by molar-refractivity contribution is 14.1. The molecule has 0 saturated carbocycles. The van der Waals surface area contributed by atoms with Gasteiger partial charge < -0.3 is 9.84 Å². The van der Waals surface area contributed by atoms with Crippen molar-refractivity contribution in [1.29, 1.82) is 0 Å². The summed E-state index contributed by atoms with van der Waals surface area (Å²) in [6.07, 6.45) is -2.66. The molecule has 166 valence electrons. The van der Waals surface area contributed by atoms with Gasteiger partial charge in [0.25, 0.3) is 0 Å². The number of aliphatic carboxylic acids is 1. The van der Waals surface area contributed by atoms with Crippen LogP contribution in [0.5, 0.6) is 5.75 Å². The number of ether oxygens (including phenoxy) is 1. The van der Waals surface area contributed by atoms with Crippen LogP contribution < -0.4 is 4.74 Å². The second-order valence-corrected chi connectivity index (χ2v) is 8.87. The van der Waals surface area contributed by atoms with Gasteiger partial charge in [0, 0.05) is 10.6 Å². The second-order valence-electron chi connectivity index (χ2n) is 6.61. The molecule has 3 rings (SSSR count). The quantitative estimate of drug-likeness (QED) is 0.234. The number of alkyl halides is 3. The van der Waals surface area contributed by atoms with Crippen LogP contribution in [0.4, 0.5) is 13.2 Å². The number of rotatable bonds is 8. The Kier molecular flexibility index (Phi) is 8.25. The lowest BCUT2D eigenvalue weighted by Gasteiger charge is -2.16. The monoisotopic (exact) mass is 570 g/mol. The molecule has 0 aliphatic carbocycles. The Balaban J connectivity index is 1.86. The largest absolute Gasteiger partial charge is 0.481 e. The van der Waals surface area contributed by atoms with Crippen molar-refractivity contribution in [3.8, 4) is 5.75 Å². The van der Waals surface area contributed by atoms with Gasteiger partial charge in [-0.15, -0.1) is 11.8 Å². The molecule has 3 nitrogen and oxygen atoms in total. The van der Waals surface area contributed by atoms with E-state index >= 15 is 0 Å². The van der Waals surface area contributed by atoms with Crippen molar-refractivity contribution in [2.75, 3.05) is 12.4 Å². The van der Waals surface area contributed by atoms with E-state index < -0.39 is 24.3 Å². The zero-order chi connectivity index (χ0) is 23.1. The topological polar surface area (TPSA) is 46.5 Å². The molecule has 32 heavy (non-hydrogen) atoms. The Bertz CT molecular complexity index is 1110. The molecule has 0 bridgehead atoms. The number of benzene rings is 3. The highest BCUT2D eigenvalue weighted by atomic mass is 127. The first-order valence-electron chi connectivity index (χ1n) is 9.45. The maximum absolute atomic E-state index is 13.6. The third-order valence-electron chi connectivity index (χ3n) is 4.40. The maximum atomic E-state index is 13.6. The van der Waals surface area contributed by atoms with Gasteiger partial charge in [-0.25, -0.2) is 4.79 Å². The van der Waals surface area contributed by atoms with Gasteiger partial charge in [0.05, 0.1) is 9.13 Å². The van der Waals surface area contributed by atoms with Gasteiger partial charge >= 0.3 is 12.1 Å². The van der Waals surface area contributed by atoms with Crippen molar-refractivity contribution in [2.24, 2.45) is 0 Å². The fraction of sp³-hybridized carbons (Fsp3) is 0.125. The standard InChI is InChI=1S/C24H18F3IO3S/c25-24(26,27)20-9-5-4-8-19(20)18(16-6-2-1-3-7-16)12-13-32-17-10-11-22(21(28)14-17)31-15-23(29)30/h1-12,14H,13,15H2,(H,29,30)/b18-12-. The van der Waals surface area contributed by atoms with E-state index in [1.165, 1.54) is 23.9 Å². The Hall–Kier alpha value is -2.46. The first-order chi connectivity index (χ1) is 15.3. The van der Waals surface area contributed by atoms with Crippen molar-refractivity contribution < 1.29 is 27.8 Å². The minimum atomic E-state index is -4.46. The van der Waals surface area contributed by atoms with Crippen molar-refractivity contribution in [1.82, 2.24) is 0 Å². The van der Waals surface area contributed by atoms with Crippen LogP contribution in [-0.4, -0.2) is 23.4 Å². The number of hydrogen-bond acceptors (Lipinski definition) is 3. The molecule has 0 aliphatic rings. The van der Waals surface area contributed by atoms with E-state index in [1.54, 1.807) is 48.5 Å². The Morgan fingerprint density at radius 2 is 1.72 bits per heavy atom. The van der Waals surface area contributed by atoms with E-state index in [1.807, 2.05) is 12.1 Å². The molecular weight excluding hydrogens is 552 g/mol. The average Bonchev–Trinajstić information content (AvgIpc) is 2.76. The lowest BCUT2D eigenvalue weighted by atomic mass is 9.93. The third-order valence-corrected chi connectivity index (χ3v) is 6.16.